The highest BCUT2D eigenvalue weighted by Crippen LogP contribution is 2.33. The minimum atomic E-state index is -0.189. The largest absolute Gasteiger partial charge is 0.377 e. The van der Waals surface area contributed by atoms with Gasteiger partial charge in [0.25, 0.3) is 5.91 Å². The highest BCUT2D eigenvalue weighted by atomic mass is 19.1. The van der Waals surface area contributed by atoms with Gasteiger partial charge in [0.05, 0.1) is 18.6 Å². The average Bonchev–Trinajstić information content (AvgIpc) is 3.12. The summed E-state index contributed by atoms with van der Waals surface area (Å²) in [5, 5.41) is 1.53. The van der Waals surface area contributed by atoms with E-state index in [1.165, 1.54) is 11.1 Å². The van der Waals surface area contributed by atoms with Gasteiger partial charge in [-0.3, -0.25) is 14.5 Å². The van der Waals surface area contributed by atoms with Crippen LogP contribution in [0.3, 0.4) is 0 Å². The van der Waals surface area contributed by atoms with Crippen molar-refractivity contribution in [1.82, 2.24) is 9.96 Å². The Hall–Kier alpha value is -1.50. The summed E-state index contributed by atoms with van der Waals surface area (Å²) >= 11 is 0. The molecule has 25 heavy (non-hydrogen) atoms. The highest BCUT2D eigenvalue weighted by molar-refractivity contribution is 5.78. The molecule has 0 aliphatic carbocycles. The molecule has 0 unspecified atom stereocenters. The summed E-state index contributed by atoms with van der Waals surface area (Å²) in [7, 11) is 0. The molecular weight excluding hydrogens is 323 g/mol. The second-order valence-corrected chi connectivity index (χ2v) is 7.20. The predicted molar refractivity (Wildman–Crippen MR) is 90.0 cm³/mol. The van der Waals surface area contributed by atoms with Crippen molar-refractivity contribution in [3.63, 3.8) is 0 Å². The van der Waals surface area contributed by atoms with Gasteiger partial charge in [0.15, 0.2) is 0 Å². The maximum absolute atomic E-state index is 14.1. The average molecular weight is 348 g/mol. The van der Waals surface area contributed by atoms with Gasteiger partial charge >= 0.3 is 0 Å². The fourth-order valence-corrected chi connectivity index (χ4v) is 4.23. The summed E-state index contributed by atoms with van der Waals surface area (Å²) in [4.78, 5) is 20.6. The van der Waals surface area contributed by atoms with Crippen LogP contribution in [0, 0.1) is 11.7 Å². The molecule has 1 amide bonds. The van der Waals surface area contributed by atoms with E-state index in [1.54, 1.807) is 6.07 Å². The third-order valence-corrected chi connectivity index (χ3v) is 5.54. The number of carbonyl (C=O) groups is 1. The van der Waals surface area contributed by atoms with Crippen LogP contribution in [-0.2, 0) is 20.9 Å². The summed E-state index contributed by atoms with van der Waals surface area (Å²) in [6.07, 6.45) is 3.72. The zero-order chi connectivity index (χ0) is 17.2. The number of carbonyl (C=O) groups excluding carboxylic acids is 1. The summed E-state index contributed by atoms with van der Waals surface area (Å²) in [5.41, 5.74) is 0.676. The van der Waals surface area contributed by atoms with Gasteiger partial charge in [-0.25, -0.2) is 9.45 Å². The molecule has 3 aliphatic rings. The molecule has 1 aromatic rings. The number of amides is 1. The number of likely N-dealkylation sites (tertiary alicyclic amines) is 1. The maximum atomic E-state index is 14.1. The topological polar surface area (TPSA) is 42.0 Å². The second-order valence-electron chi connectivity index (χ2n) is 7.20. The summed E-state index contributed by atoms with van der Waals surface area (Å²) in [6.45, 7) is 3.14. The molecule has 4 rings (SSSR count). The van der Waals surface area contributed by atoms with Gasteiger partial charge in [0.1, 0.15) is 5.82 Å². The van der Waals surface area contributed by atoms with Crippen molar-refractivity contribution >= 4 is 5.91 Å². The number of piperidine rings is 1. The number of halogens is 1. The van der Waals surface area contributed by atoms with Gasteiger partial charge in [0.2, 0.25) is 0 Å². The Kier molecular flexibility index (Phi) is 5.01. The third-order valence-electron chi connectivity index (χ3n) is 5.54. The van der Waals surface area contributed by atoms with Crippen LogP contribution in [0.1, 0.15) is 31.2 Å². The van der Waals surface area contributed by atoms with Crippen molar-refractivity contribution in [2.45, 2.75) is 44.4 Å². The lowest BCUT2D eigenvalue weighted by atomic mass is 9.89. The molecular formula is C19H25FN2O3. The van der Waals surface area contributed by atoms with Crippen LogP contribution in [0.4, 0.5) is 4.39 Å². The molecule has 3 heterocycles. The van der Waals surface area contributed by atoms with E-state index in [2.05, 4.69) is 4.90 Å². The number of rotatable bonds is 3. The SMILES string of the molecule is O=C([C@@H]1C[C@H]2OCC[C@H]2N(Cc2ccccc2F)C1)N1CCCCO1. The van der Waals surface area contributed by atoms with Crippen molar-refractivity contribution in [2.75, 3.05) is 26.3 Å². The molecule has 0 N–H and O–H groups in total. The van der Waals surface area contributed by atoms with Crippen molar-refractivity contribution < 1.29 is 18.8 Å². The van der Waals surface area contributed by atoms with E-state index in [-0.39, 0.29) is 29.8 Å². The molecule has 3 atom stereocenters. The zero-order valence-corrected chi connectivity index (χ0v) is 14.4. The van der Waals surface area contributed by atoms with Crippen molar-refractivity contribution in [3.8, 4) is 0 Å². The summed E-state index contributed by atoms with van der Waals surface area (Å²) < 4.78 is 20.0. The Morgan fingerprint density at radius 3 is 2.92 bits per heavy atom. The van der Waals surface area contributed by atoms with Crippen LogP contribution >= 0.6 is 0 Å². The second kappa shape index (κ2) is 7.40. The standard InChI is InChI=1S/C19H25FN2O3/c20-16-6-2-1-5-14(16)12-21-13-15(11-18-17(21)7-10-24-18)19(23)22-8-3-4-9-25-22/h1-2,5-6,15,17-18H,3-4,7-13H2/t15-,17-,18-/m1/s1. The zero-order valence-electron chi connectivity index (χ0n) is 14.4. The number of hydroxylamine groups is 2. The first-order valence-corrected chi connectivity index (χ1v) is 9.26. The van der Waals surface area contributed by atoms with Gasteiger partial charge < -0.3 is 4.74 Å². The normalized spacial score (nSPS) is 30.3. The van der Waals surface area contributed by atoms with E-state index in [1.807, 2.05) is 12.1 Å². The Labute approximate surface area is 147 Å². The van der Waals surface area contributed by atoms with Gasteiger partial charge in [-0.15, -0.1) is 0 Å². The quantitative estimate of drug-likeness (QED) is 0.841. The van der Waals surface area contributed by atoms with E-state index < -0.39 is 0 Å². The van der Waals surface area contributed by atoms with Crippen molar-refractivity contribution in [3.05, 3.63) is 35.6 Å². The minimum Gasteiger partial charge on any atom is -0.377 e. The number of hydrogen-bond acceptors (Lipinski definition) is 4. The fourth-order valence-electron chi connectivity index (χ4n) is 4.23. The van der Waals surface area contributed by atoms with E-state index in [0.29, 0.717) is 38.4 Å². The molecule has 6 heteroatoms. The lowest BCUT2D eigenvalue weighted by Crippen LogP contribution is -2.53. The van der Waals surface area contributed by atoms with E-state index in [9.17, 15) is 9.18 Å². The minimum absolute atomic E-state index is 0.0483. The maximum Gasteiger partial charge on any atom is 0.250 e. The lowest BCUT2D eigenvalue weighted by Gasteiger charge is -2.41. The Morgan fingerprint density at radius 1 is 1.24 bits per heavy atom. The van der Waals surface area contributed by atoms with Crippen molar-refractivity contribution in [2.24, 2.45) is 5.92 Å². The molecule has 0 bridgehead atoms. The first kappa shape index (κ1) is 16.9. The highest BCUT2D eigenvalue weighted by Gasteiger charge is 2.43. The Morgan fingerprint density at radius 2 is 2.12 bits per heavy atom. The number of fused-ring (bicyclic) bond motifs is 1. The van der Waals surface area contributed by atoms with Crippen LogP contribution in [0.25, 0.3) is 0 Å². The summed E-state index contributed by atoms with van der Waals surface area (Å²) in [6, 6.07) is 7.14. The van der Waals surface area contributed by atoms with E-state index in [4.69, 9.17) is 9.57 Å². The molecule has 0 saturated carbocycles. The van der Waals surface area contributed by atoms with Crippen LogP contribution in [0.2, 0.25) is 0 Å². The molecule has 3 fully saturated rings. The predicted octanol–water partition coefficient (Wildman–Crippen LogP) is 2.36. The molecule has 136 valence electrons. The fraction of sp³-hybridized carbons (Fsp3) is 0.632. The monoisotopic (exact) mass is 348 g/mol. The first-order chi connectivity index (χ1) is 12.2. The van der Waals surface area contributed by atoms with Crippen LogP contribution < -0.4 is 0 Å². The Bertz CT molecular complexity index is 620. The molecule has 1 aromatic carbocycles. The number of benzene rings is 1. The first-order valence-electron chi connectivity index (χ1n) is 9.26. The van der Waals surface area contributed by atoms with Crippen molar-refractivity contribution in [1.29, 1.82) is 0 Å². The van der Waals surface area contributed by atoms with Gasteiger partial charge in [-0.1, -0.05) is 18.2 Å². The Balaban J connectivity index is 1.49. The number of nitrogens with zero attached hydrogens (tertiary/aromatic N) is 2. The van der Waals surface area contributed by atoms with Crippen LogP contribution in [0.15, 0.2) is 24.3 Å². The molecule has 5 nitrogen and oxygen atoms in total. The third kappa shape index (κ3) is 3.57. The summed E-state index contributed by atoms with van der Waals surface area (Å²) in [5.74, 6) is -0.290. The smallest absolute Gasteiger partial charge is 0.250 e. The molecule has 3 saturated heterocycles. The number of ether oxygens (including phenoxy) is 1. The van der Waals surface area contributed by atoms with Gasteiger partial charge in [-0.05, 0) is 31.7 Å². The molecule has 0 spiro atoms. The van der Waals surface area contributed by atoms with E-state index in [0.717, 1.165) is 25.7 Å². The molecule has 0 radical (unpaired) electrons. The van der Waals surface area contributed by atoms with Crippen LogP contribution in [0.5, 0.6) is 0 Å². The molecule has 0 aromatic heterocycles. The molecule has 3 aliphatic heterocycles. The van der Waals surface area contributed by atoms with Gasteiger partial charge in [-0.2, -0.15) is 0 Å². The van der Waals surface area contributed by atoms with E-state index >= 15 is 0 Å². The van der Waals surface area contributed by atoms with Crippen LogP contribution in [-0.4, -0.2) is 54.3 Å². The number of hydrogen-bond donors (Lipinski definition) is 0. The lowest BCUT2D eigenvalue weighted by molar-refractivity contribution is -0.204. The van der Waals surface area contributed by atoms with Gasteiger partial charge in [0, 0.05) is 37.8 Å².